The third-order valence-corrected chi connectivity index (χ3v) is 4.52. The Balaban J connectivity index is 2.10. The van der Waals surface area contributed by atoms with Crippen LogP contribution in [0.25, 0.3) is 0 Å². The lowest BCUT2D eigenvalue weighted by Crippen LogP contribution is -2.39. The fourth-order valence-corrected chi connectivity index (χ4v) is 3.19. The van der Waals surface area contributed by atoms with Crippen molar-refractivity contribution in [3.63, 3.8) is 0 Å². The molecule has 0 saturated carbocycles. The Morgan fingerprint density at radius 3 is 2.76 bits per heavy atom. The van der Waals surface area contributed by atoms with Gasteiger partial charge in [-0.1, -0.05) is 25.8 Å². The lowest BCUT2D eigenvalue weighted by Gasteiger charge is -2.36. The zero-order valence-corrected chi connectivity index (χ0v) is 13.1. The van der Waals surface area contributed by atoms with Crippen LogP contribution in [0.3, 0.4) is 0 Å². The summed E-state index contributed by atoms with van der Waals surface area (Å²) in [5, 5.41) is 9.13. The molecule has 1 saturated heterocycles. The lowest BCUT2D eigenvalue weighted by atomic mass is 9.93. The van der Waals surface area contributed by atoms with Gasteiger partial charge in [-0.2, -0.15) is 0 Å². The summed E-state index contributed by atoms with van der Waals surface area (Å²) in [6.45, 7) is 6.05. The van der Waals surface area contributed by atoms with E-state index in [-0.39, 0.29) is 5.92 Å². The molecule has 1 aliphatic rings. The van der Waals surface area contributed by atoms with Gasteiger partial charge in [0.25, 0.3) is 0 Å². The standard InChI is InChI=1S/C17H26N2O2/c1-3-4-7-15(16-13(2)6-5-10-18-16)19-11-8-14(9-12-19)17(20)21/h5-6,10,14-15H,3-4,7-9,11-12H2,1-2H3,(H,20,21). The quantitative estimate of drug-likeness (QED) is 0.872. The number of nitrogens with zero attached hydrogens (tertiary/aromatic N) is 2. The van der Waals surface area contributed by atoms with Gasteiger partial charge in [-0.3, -0.25) is 14.7 Å². The second-order valence-corrected chi connectivity index (χ2v) is 6.01. The molecule has 1 aliphatic heterocycles. The number of carboxylic acid groups (broad SMARTS) is 1. The number of rotatable bonds is 6. The molecule has 4 nitrogen and oxygen atoms in total. The molecule has 0 aliphatic carbocycles. The monoisotopic (exact) mass is 290 g/mol. The molecule has 21 heavy (non-hydrogen) atoms. The summed E-state index contributed by atoms with van der Waals surface area (Å²) in [5.74, 6) is -0.813. The molecule has 0 amide bonds. The molecule has 1 unspecified atom stereocenters. The normalized spacial score (nSPS) is 18.6. The van der Waals surface area contributed by atoms with Crippen molar-refractivity contribution in [1.29, 1.82) is 0 Å². The van der Waals surface area contributed by atoms with Crippen LogP contribution in [0, 0.1) is 12.8 Å². The highest BCUT2D eigenvalue weighted by Crippen LogP contribution is 2.31. The maximum atomic E-state index is 11.1. The lowest BCUT2D eigenvalue weighted by molar-refractivity contribution is -0.143. The van der Waals surface area contributed by atoms with Gasteiger partial charge in [-0.15, -0.1) is 0 Å². The predicted octanol–water partition coefficient (Wildman–Crippen LogP) is 3.42. The first-order chi connectivity index (χ1) is 10.1. The van der Waals surface area contributed by atoms with E-state index in [9.17, 15) is 4.79 Å². The van der Waals surface area contributed by atoms with Crippen LogP contribution < -0.4 is 0 Å². The largest absolute Gasteiger partial charge is 0.481 e. The summed E-state index contributed by atoms with van der Waals surface area (Å²) >= 11 is 0. The van der Waals surface area contributed by atoms with E-state index in [0.717, 1.165) is 32.4 Å². The van der Waals surface area contributed by atoms with Crippen LogP contribution in [-0.4, -0.2) is 34.0 Å². The first-order valence-electron chi connectivity index (χ1n) is 8.01. The van der Waals surface area contributed by atoms with Crippen molar-refractivity contribution in [3.8, 4) is 0 Å². The van der Waals surface area contributed by atoms with Crippen LogP contribution >= 0.6 is 0 Å². The van der Waals surface area contributed by atoms with Crippen molar-refractivity contribution >= 4 is 5.97 Å². The minimum atomic E-state index is -0.645. The minimum Gasteiger partial charge on any atom is -0.481 e. The van der Waals surface area contributed by atoms with Crippen molar-refractivity contribution in [2.75, 3.05) is 13.1 Å². The maximum absolute atomic E-state index is 11.1. The maximum Gasteiger partial charge on any atom is 0.306 e. The van der Waals surface area contributed by atoms with Gasteiger partial charge < -0.3 is 5.11 Å². The zero-order chi connectivity index (χ0) is 15.2. The number of unbranched alkanes of at least 4 members (excludes halogenated alkanes) is 1. The van der Waals surface area contributed by atoms with Crippen molar-refractivity contribution < 1.29 is 9.90 Å². The Morgan fingerprint density at radius 2 is 2.19 bits per heavy atom. The van der Waals surface area contributed by atoms with Crippen molar-refractivity contribution in [2.24, 2.45) is 5.92 Å². The number of carboxylic acids is 1. The van der Waals surface area contributed by atoms with Gasteiger partial charge in [-0.05, 0) is 50.9 Å². The summed E-state index contributed by atoms with van der Waals surface area (Å²) in [6.07, 6.45) is 6.83. The zero-order valence-electron chi connectivity index (χ0n) is 13.1. The number of aromatic nitrogens is 1. The molecular formula is C17H26N2O2. The molecule has 1 atom stereocenters. The van der Waals surface area contributed by atoms with E-state index in [0.29, 0.717) is 6.04 Å². The SMILES string of the molecule is CCCCC(c1ncccc1C)N1CCC(C(=O)O)CC1. The smallest absolute Gasteiger partial charge is 0.306 e. The second kappa shape index (κ2) is 7.55. The number of hydrogen-bond acceptors (Lipinski definition) is 3. The van der Waals surface area contributed by atoms with Crippen LogP contribution in [0.2, 0.25) is 0 Å². The highest BCUT2D eigenvalue weighted by molar-refractivity contribution is 5.70. The van der Waals surface area contributed by atoms with Crippen LogP contribution in [0.15, 0.2) is 18.3 Å². The highest BCUT2D eigenvalue weighted by atomic mass is 16.4. The molecule has 2 rings (SSSR count). The molecule has 0 bridgehead atoms. The molecule has 1 N–H and O–H groups in total. The van der Waals surface area contributed by atoms with E-state index in [1.807, 2.05) is 12.3 Å². The molecule has 2 heterocycles. The predicted molar refractivity (Wildman–Crippen MR) is 83.2 cm³/mol. The molecule has 1 aromatic rings. The van der Waals surface area contributed by atoms with E-state index >= 15 is 0 Å². The first kappa shape index (κ1) is 16.0. The number of likely N-dealkylation sites (tertiary alicyclic amines) is 1. The van der Waals surface area contributed by atoms with Crippen LogP contribution in [0.1, 0.15) is 56.3 Å². The molecule has 0 radical (unpaired) electrons. The average Bonchev–Trinajstić information content (AvgIpc) is 2.50. The molecule has 1 fully saturated rings. The number of carbonyl (C=O) groups is 1. The first-order valence-corrected chi connectivity index (χ1v) is 8.01. The van der Waals surface area contributed by atoms with Gasteiger partial charge >= 0.3 is 5.97 Å². The Bertz CT molecular complexity index is 468. The number of aliphatic carboxylic acids is 1. The van der Waals surface area contributed by atoms with Crippen LogP contribution in [0.4, 0.5) is 0 Å². The summed E-state index contributed by atoms with van der Waals surface area (Å²) < 4.78 is 0. The third-order valence-electron chi connectivity index (χ3n) is 4.52. The molecule has 1 aromatic heterocycles. The van der Waals surface area contributed by atoms with Crippen LogP contribution in [0.5, 0.6) is 0 Å². The van der Waals surface area contributed by atoms with Crippen LogP contribution in [-0.2, 0) is 4.79 Å². The van der Waals surface area contributed by atoms with E-state index in [1.54, 1.807) is 0 Å². The van der Waals surface area contributed by atoms with Gasteiger partial charge in [0.2, 0.25) is 0 Å². The van der Waals surface area contributed by atoms with Crippen molar-refractivity contribution in [2.45, 2.75) is 52.0 Å². The molecular weight excluding hydrogens is 264 g/mol. The molecule has 116 valence electrons. The average molecular weight is 290 g/mol. The van der Waals surface area contributed by atoms with Gasteiger partial charge in [0, 0.05) is 6.20 Å². The summed E-state index contributed by atoms with van der Waals surface area (Å²) in [5.41, 5.74) is 2.40. The van der Waals surface area contributed by atoms with Crippen molar-refractivity contribution in [1.82, 2.24) is 9.88 Å². The third kappa shape index (κ3) is 4.03. The molecule has 0 aromatic carbocycles. The van der Waals surface area contributed by atoms with E-state index in [2.05, 4.69) is 29.8 Å². The highest BCUT2D eigenvalue weighted by Gasteiger charge is 2.30. The number of piperidine rings is 1. The Hall–Kier alpha value is -1.42. The van der Waals surface area contributed by atoms with E-state index in [4.69, 9.17) is 5.11 Å². The Kier molecular flexibility index (Phi) is 5.74. The Morgan fingerprint density at radius 1 is 1.48 bits per heavy atom. The fraction of sp³-hybridized carbons (Fsp3) is 0.647. The molecule has 4 heteroatoms. The van der Waals surface area contributed by atoms with Gasteiger partial charge in [-0.25, -0.2) is 0 Å². The van der Waals surface area contributed by atoms with Gasteiger partial charge in [0.1, 0.15) is 0 Å². The second-order valence-electron chi connectivity index (χ2n) is 6.01. The summed E-state index contributed by atoms with van der Waals surface area (Å²) in [6, 6.07) is 4.43. The minimum absolute atomic E-state index is 0.169. The van der Waals surface area contributed by atoms with E-state index in [1.165, 1.54) is 24.1 Å². The summed E-state index contributed by atoms with van der Waals surface area (Å²) in [7, 11) is 0. The fourth-order valence-electron chi connectivity index (χ4n) is 3.19. The number of hydrogen-bond donors (Lipinski definition) is 1. The topological polar surface area (TPSA) is 53.4 Å². The number of aryl methyl sites for hydroxylation is 1. The van der Waals surface area contributed by atoms with Gasteiger partial charge in [0.05, 0.1) is 17.7 Å². The van der Waals surface area contributed by atoms with Crippen molar-refractivity contribution in [3.05, 3.63) is 29.6 Å². The van der Waals surface area contributed by atoms with E-state index < -0.39 is 5.97 Å². The van der Waals surface area contributed by atoms with Gasteiger partial charge in [0.15, 0.2) is 0 Å². The number of pyridine rings is 1. The Labute approximate surface area is 127 Å². The summed E-state index contributed by atoms with van der Waals surface area (Å²) in [4.78, 5) is 18.1. The molecule has 0 spiro atoms.